The van der Waals surface area contributed by atoms with Crippen molar-refractivity contribution in [2.75, 3.05) is 13.7 Å². The van der Waals surface area contributed by atoms with Crippen LogP contribution >= 0.6 is 0 Å². The minimum absolute atomic E-state index is 0.0803. The Morgan fingerprint density at radius 2 is 2.14 bits per heavy atom. The summed E-state index contributed by atoms with van der Waals surface area (Å²) in [4.78, 5) is 19.4. The zero-order chi connectivity index (χ0) is 20.7. The van der Waals surface area contributed by atoms with Crippen molar-refractivity contribution < 1.29 is 14.3 Å². The molecule has 0 aliphatic heterocycles. The van der Waals surface area contributed by atoms with Crippen molar-refractivity contribution >= 4 is 6.09 Å². The molecular formula is C20H25N5O3. The van der Waals surface area contributed by atoms with Crippen LogP contribution in [0.15, 0.2) is 30.5 Å². The average molecular weight is 383 g/mol. The number of carbonyl (C=O) groups excluding carboxylic acids is 1. The summed E-state index contributed by atoms with van der Waals surface area (Å²) < 4.78 is 10.8. The number of nitrogens with two attached hydrogens (primary N) is 1. The number of rotatable bonds is 7. The number of nitrogens with one attached hydrogen (secondary N) is 1. The van der Waals surface area contributed by atoms with E-state index in [1.54, 1.807) is 24.3 Å². The predicted octanol–water partition coefficient (Wildman–Crippen LogP) is 2.88. The number of nitriles is 1. The molecule has 0 fully saturated rings. The van der Waals surface area contributed by atoms with E-state index in [1.165, 1.54) is 13.2 Å². The summed E-state index contributed by atoms with van der Waals surface area (Å²) in [5.41, 5.74) is 7.34. The molecule has 1 aromatic heterocycles. The third-order valence-electron chi connectivity index (χ3n) is 3.85. The van der Waals surface area contributed by atoms with Gasteiger partial charge in [0, 0.05) is 24.3 Å². The van der Waals surface area contributed by atoms with Gasteiger partial charge in [-0.25, -0.2) is 9.78 Å². The fourth-order valence-electron chi connectivity index (χ4n) is 2.82. The van der Waals surface area contributed by atoms with E-state index in [-0.39, 0.29) is 6.01 Å². The molecule has 28 heavy (non-hydrogen) atoms. The molecule has 0 spiro atoms. The number of hydrogen-bond donors (Lipinski definition) is 2. The molecule has 8 nitrogen and oxygen atoms in total. The van der Waals surface area contributed by atoms with Gasteiger partial charge in [0.1, 0.15) is 18.4 Å². The van der Waals surface area contributed by atoms with E-state index in [2.05, 4.69) is 35.2 Å². The molecule has 1 atom stereocenters. The number of benzene rings is 1. The third-order valence-corrected chi connectivity index (χ3v) is 3.85. The number of ether oxygens (including phenoxy) is 2. The van der Waals surface area contributed by atoms with Crippen LogP contribution in [-0.4, -0.2) is 35.3 Å². The quantitative estimate of drug-likeness (QED) is 0.753. The lowest BCUT2D eigenvalue weighted by atomic mass is 9.93. The molecule has 0 unspecified atom stereocenters. The van der Waals surface area contributed by atoms with E-state index in [4.69, 9.17) is 15.2 Å². The second-order valence-electron chi connectivity index (χ2n) is 7.23. The topological polar surface area (TPSA) is 123 Å². The van der Waals surface area contributed by atoms with Crippen LogP contribution in [0.1, 0.15) is 32.8 Å². The molecule has 1 heterocycles. The van der Waals surface area contributed by atoms with Crippen molar-refractivity contribution in [3.63, 3.8) is 0 Å². The van der Waals surface area contributed by atoms with Gasteiger partial charge in [0.2, 0.25) is 0 Å². The van der Waals surface area contributed by atoms with Crippen molar-refractivity contribution in [3.05, 3.63) is 36.0 Å². The molecule has 0 aliphatic rings. The van der Waals surface area contributed by atoms with E-state index in [0.717, 1.165) is 6.42 Å². The van der Waals surface area contributed by atoms with Crippen LogP contribution in [0.25, 0.3) is 11.3 Å². The standard InChI is InChI=1S/C20H25N5O3/c1-13(2)10-20(3,22)12-27-17-6-5-14(9-15(17)11-21)16-7-8-24-18(25-16)28-19(26)23-4/h5-9,13H,10,12,22H2,1-4H3,(H,23,26)/t20-/m0/s1. The van der Waals surface area contributed by atoms with Crippen LogP contribution in [0.5, 0.6) is 11.8 Å². The fraction of sp³-hybridized carbons (Fsp3) is 0.400. The van der Waals surface area contributed by atoms with Crippen LogP contribution in [0.2, 0.25) is 0 Å². The first kappa shape index (κ1) is 21.1. The Bertz CT molecular complexity index is 874. The molecule has 148 valence electrons. The highest BCUT2D eigenvalue weighted by atomic mass is 16.6. The molecule has 8 heteroatoms. The normalized spacial score (nSPS) is 12.8. The summed E-state index contributed by atoms with van der Waals surface area (Å²) in [7, 11) is 1.44. The van der Waals surface area contributed by atoms with Crippen LogP contribution in [-0.2, 0) is 0 Å². The van der Waals surface area contributed by atoms with Crippen LogP contribution < -0.4 is 20.5 Å². The summed E-state index contributed by atoms with van der Waals surface area (Å²) >= 11 is 0. The number of carbonyl (C=O) groups is 1. The Balaban J connectivity index is 2.20. The molecule has 1 amide bonds. The van der Waals surface area contributed by atoms with Crippen LogP contribution in [0.4, 0.5) is 4.79 Å². The van der Waals surface area contributed by atoms with Gasteiger partial charge in [-0.3, -0.25) is 0 Å². The number of aromatic nitrogens is 2. The zero-order valence-electron chi connectivity index (χ0n) is 16.5. The third kappa shape index (κ3) is 5.93. The second-order valence-corrected chi connectivity index (χ2v) is 7.23. The molecule has 0 saturated heterocycles. The van der Waals surface area contributed by atoms with Crippen molar-refractivity contribution in [1.82, 2.24) is 15.3 Å². The summed E-state index contributed by atoms with van der Waals surface area (Å²) in [6.07, 6.45) is 1.62. The largest absolute Gasteiger partial charge is 0.490 e. The van der Waals surface area contributed by atoms with Gasteiger partial charge in [-0.2, -0.15) is 10.2 Å². The van der Waals surface area contributed by atoms with Crippen molar-refractivity contribution in [2.45, 2.75) is 32.7 Å². The molecular weight excluding hydrogens is 358 g/mol. The molecule has 0 aliphatic carbocycles. The van der Waals surface area contributed by atoms with Crippen molar-refractivity contribution in [2.24, 2.45) is 11.7 Å². The van der Waals surface area contributed by atoms with Gasteiger partial charge in [0.15, 0.2) is 0 Å². The summed E-state index contributed by atoms with van der Waals surface area (Å²) in [5.74, 6) is 0.906. The monoisotopic (exact) mass is 383 g/mol. The van der Waals surface area contributed by atoms with Crippen LogP contribution in [0.3, 0.4) is 0 Å². The van der Waals surface area contributed by atoms with Crippen molar-refractivity contribution in [1.29, 1.82) is 5.26 Å². The highest BCUT2D eigenvalue weighted by Gasteiger charge is 2.22. The summed E-state index contributed by atoms with van der Waals surface area (Å²) in [5, 5.41) is 11.8. The molecule has 0 saturated carbocycles. The molecule has 3 N–H and O–H groups in total. The molecule has 0 radical (unpaired) electrons. The summed E-state index contributed by atoms with van der Waals surface area (Å²) in [6.45, 7) is 6.44. The van der Waals surface area contributed by atoms with Crippen molar-refractivity contribution in [3.8, 4) is 29.1 Å². The first-order valence-electron chi connectivity index (χ1n) is 8.93. The fourth-order valence-corrected chi connectivity index (χ4v) is 2.82. The Kier molecular flexibility index (Phi) is 6.90. The summed E-state index contributed by atoms with van der Waals surface area (Å²) in [6, 6.07) is 8.86. The lowest BCUT2D eigenvalue weighted by Gasteiger charge is -2.26. The van der Waals surface area contributed by atoms with E-state index in [0.29, 0.717) is 35.1 Å². The minimum Gasteiger partial charge on any atom is -0.490 e. The number of hydrogen-bond acceptors (Lipinski definition) is 7. The Morgan fingerprint density at radius 3 is 2.79 bits per heavy atom. The van der Waals surface area contributed by atoms with Crippen LogP contribution in [0, 0.1) is 17.2 Å². The van der Waals surface area contributed by atoms with Gasteiger partial charge < -0.3 is 20.5 Å². The molecule has 2 aromatic rings. The van der Waals surface area contributed by atoms with Gasteiger partial charge in [0.25, 0.3) is 0 Å². The van der Waals surface area contributed by atoms with Gasteiger partial charge >= 0.3 is 12.1 Å². The highest BCUT2D eigenvalue weighted by molar-refractivity contribution is 5.69. The maximum Gasteiger partial charge on any atom is 0.414 e. The van der Waals surface area contributed by atoms with E-state index in [9.17, 15) is 10.1 Å². The number of nitrogens with zero attached hydrogens (tertiary/aromatic N) is 3. The predicted molar refractivity (Wildman–Crippen MR) is 105 cm³/mol. The number of amides is 1. The lowest BCUT2D eigenvalue weighted by Crippen LogP contribution is -2.43. The first-order chi connectivity index (χ1) is 13.2. The highest BCUT2D eigenvalue weighted by Crippen LogP contribution is 2.27. The zero-order valence-corrected chi connectivity index (χ0v) is 16.5. The Morgan fingerprint density at radius 1 is 1.39 bits per heavy atom. The Labute approximate surface area is 164 Å². The molecule has 0 bridgehead atoms. The van der Waals surface area contributed by atoms with Gasteiger partial charge in [-0.05, 0) is 43.5 Å². The molecule has 2 rings (SSSR count). The van der Waals surface area contributed by atoms with E-state index >= 15 is 0 Å². The van der Waals surface area contributed by atoms with Gasteiger partial charge in [0.05, 0.1) is 11.3 Å². The maximum atomic E-state index is 11.3. The Hall–Kier alpha value is -3.18. The van der Waals surface area contributed by atoms with Gasteiger partial charge in [-0.15, -0.1) is 0 Å². The smallest absolute Gasteiger partial charge is 0.414 e. The average Bonchev–Trinajstić information content (AvgIpc) is 2.65. The minimum atomic E-state index is -0.662. The SMILES string of the molecule is CNC(=O)Oc1nccc(-c2ccc(OC[C@@](C)(N)CC(C)C)c(C#N)c2)n1. The second kappa shape index (κ2) is 9.15. The molecule has 1 aromatic carbocycles. The van der Waals surface area contributed by atoms with Gasteiger partial charge in [-0.1, -0.05) is 13.8 Å². The maximum absolute atomic E-state index is 11.3. The van der Waals surface area contributed by atoms with E-state index < -0.39 is 11.6 Å². The van der Waals surface area contributed by atoms with E-state index in [1.807, 2.05) is 6.92 Å². The first-order valence-corrected chi connectivity index (χ1v) is 8.93. The lowest BCUT2D eigenvalue weighted by molar-refractivity contribution is 0.199.